The third-order valence-corrected chi connectivity index (χ3v) is 6.29. The van der Waals surface area contributed by atoms with Gasteiger partial charge in [-0.05, 0) is 48.2 Å². The molecule has 32 heavy (non-hydrogen) atoms. The van der Waals surface area contributed by atoms with Gasteiger partial charge in [0.2, 0.25) is 0 Å². The Balaban J connectivity index is 1.65. The molecule has 5 heteroatoms. The summed E-state index contributed by atoms with van der Waals surface area (Å²) in [6.45, 7) is 2.53. The molecule has 0 radical (unpaired) electrons. The Morgan fingerprint density at radius 1 is 0.969 bits per heavy atom. The van der Waals surface area contributed by atoms with Gasteiger partial charge >= 0.3 is 0 Å². The standard InChI is InChI=1S/C27H25NO4/c1-17-20-11-7-8-12-22(20)32-26(17)27(29)28-14-13-19-15-23(30-2)24(31-3)16-21(19)25(28)18-9-5-4-6-10-18/h4-12,15-16,25H,13-14H2,1-3H3. The van der Waals surface area contributed by atoms with Crippen LogP contribution in [0.1, 0.15) is 38.9 Å². The number of nitrogens with zero attached hydrogens (tertiary/aromatic N) is 1. The quantitative estimate of drug-likeness (QED) is 0.429. The van der Waals surface area contributed by atoms with Gasteiger partial charge in [-0.3, -0.25) is 4.79 Å². The van der Waals surface area contributed by atoms with E-state index in [1.165, 1.54) is 0 Å². The van der Waals surface area contributed by atoms with Gasteiger partial charge < -0.3 is 18.8 Å². The lowest BCUT2D eigenvalue weighted by molar-refractivity contribution is 0.0663. The molecule has 0 aliphatic carbocycles. The Labute approximate surface area is 187 Å². The monoisotopic (exact) mass is 427 g/mol. The summed E-state index contributed by atoms with van der Waals surface area (Å²) in [4.78, 5) is 15.7. The second-order valence-corrected chi connectivity index (χ2v) is 8.02. The average Bonchev–Trinajstić information content (AvgIpc) is 3.19. The fraction of sp³-hybridized carbons (Fsp3) is 0.222. The van der Waals surface area contributed by atoms with Crippen LogP contribution in [-0.4, -0.2) is 31.6 Å². The van der Waals surface area contributed by atoms with Crippen molar-refractivity contribution in [3.63, 3.8) is 0 Å². The molecule has 3 aromatic carbocycles. The van der Waals surface area contributed by atoms with Gasteiger partial charge in [0.05, 0.1) is 20.3 Å². The zero-order chi connectivity index (χ0) is 22.2. The maximum atomic E-state index is 13.8. The molecule has 0 N–H and O–H groups in total. The molecule has 1 aliphatic rings. The Morgan fingerprint density at radius 2 is 1.66 bits per heavy atom. The zero-order valence-corrected chi connectivity index (χ0v) is 18.4. The number of carbonyl (C=O) groups excluding carboxylic acids is 1. The number of para-hydroxylation sites is 1. The molecule has 1 aromatic heterocycles. The molecule has 5 nitrogen and oxygen atoms in total. The zero-order valence-electron chi connectivity index (χ0n) is 18.4. The molecule has 162 valence electrons. The van der Waals surface area contributed by atoms with Gasteiger partial charge in [0.1, 0.15) is 5.58 Å². The molecular weight excluding hydrogens is 402 g/mol. The lowest BCUT2D eigenvalue weighted by Gasteiger charge is -2.38. The molecule has 0 saturated heterocycles. The highest BCUT2D eigenvalue weighted by Crippen LogP contribution is 2.42. The summed E-state index contributed by atoms with van der Waals surface area (Å²) in [5, 5.41) is 0.968. The first-order chi connectivity index (χ1) is 15.6. The number of furan rings is 1. The van der Waals surface area contributed by atoms with Gasteiger partial charge in [-0.1, -0.05) is 48.5 Å². The molecule has 0 fully saturated rings. The lowest BCUT2D eigenvalue weighted by Crippen LogP contribution is -2.40. The van der Waals surface area contributed by atoms with E-state index in [0.29, 0.717) is 23.8 Å². The molecule has 0 saturated carbocycles. The van der Waals surface area contributed by atoms with Crippen molar-refractivity contribution < 1.29 is 18.7 Å². The number of hydrogen-bond donors (Lipinski definition) is 0. The highest BCUT2D eigenvalue weighted by atomic mass is 16.5. The van der Waals surface area contributed by atoms with Crippen molar-refractivity contribution in [2.45, 2.75) is 19.4 Å². The summed E-state index contributed by atoms with van der Waals surface area (Å²) < 4.78 is 17.1. The van der Waals surface area contributed by atoms with Crippen LogP contribution in [0.15, 0.2) is 71.1 Å². The first-order valence-corrected chi connectivity index (χ1v) is 10.7. The third-order valence-electron chi connectivity index (χ3n) is 6.29. The minimum atomic E-state index is -0.250. The number of hydrogen-bond acceptors (Lipinski definition) is 4. The number of fused-ring (bicyclic) bond motifs is 2. The van der Waals surface area contributed by atoms with Gasteiger partial charge in [-0.2, -0.15) is 0 Å². The number of rotatable bonds is 4. The van der Waals surface area contributed by atoms with Crippen LogP contribution < -0.4 is 9.47 Å². The van der Waals surface area contributed by atoms with Crippen LogP contribution in [0.5, 0.6) is 11.5 Å². The van der Waals surface area contributed by atoms with Gasteiger partial charge in [-0.25, -0.2) is 0 Å². The number of methoxy groups -OCH3 is 2. The molecule has 5 rings (SSSR count). The Kier molecular flexibility index (Phi) is 5.10. The Bertz CT molecular complexity index is 1290. The number of benzene rings is 3. The van der Waals surface area contributed by atoms with Crippen LogP contribution >= 0.6 is 0 Å². The third kappa shape index (κ3) is 3.21. The minimum absolute atomic E-state index is 0.104. The van der Waals surface area contributed by atoms with Crippen molar-refractivity contribution in [3.05, 3.63) is 94.7 Å². The van der Waals surface area contributed by atoms with Gasteiger partial charge in [0.15, 0.2) is 17.3 Å². The smallest absolute Gasteiger partial charge is 0.290 e. The van der Waals surface area contributed by atoms with E-state index in [4.69, 9.17) is 13.9 Å². The first kappa shape index (κ1) is 20.2. The van der Waals surface area contributed by atoms with E-state index in [0.717, 1.165) is 39.6 Å². The summed E-state index contributed by atoms with van der Waals surface area (Å²) >= 11 is 0. The average molecular weight is 428 g/mol. The predicted molar refractivity (Wildman–Crippen MR) is 124 cm³/mol. The first-order valence-electron chi connectivity index (χ1n) is 10.7. The summed E-state index contributed by atoms with van der Waals surface area (Å²) in [6.07, 6.45) is 0.726. The number of ether oxygens (including phenoxy) is 2. The van der Waals surface area contributed by atoms with E-state index in [1.54, 1.807) is 14.2 Å². The molecule has 0 spiro atoms. The van der Waals surface area contributed by atoms with Gasteiger partial charge in [-0.15, -0.1) is 0 Å². The normalized spacial score (nSPS) is 15.5. The second-order valence-electron chi connectivity index (χ2n) is 8.02. The van der Waals surface area contributed by atoms with Crippen molar-refractivity contribution in [2.24, 2.45) is 0 Å². The van der Waals surface area contributed by atoms with E-state index < -0.39 is 0 Å². The van der Waals surface area contributed by atoms with Crippen molar-refractivity contribution in [1.82, 2.24) is 4.90 Å². The van der Waals surface area contributed by atoms with E-state index in [9.17, 15) is 4.79 Å². The second kappa shape index (κ2) is 8.08. The van der Waals surface area contributed by atoms with Crippen molar-refractivity contribution in [2.75, 3.05) is 20.8 Å². The van der Waals surface area contributed by atoms with E-state index in [-0.39, 0.29) is 11.9 Å². The van der Waals surface area contributed by atoms with Crippen LogP contribution in [0.4, 0.5) is 0 Å². The van der Waals surface area contributed by atoms with Crippen LogP contribution in [0, 0.1) is 6.92 Å². The summed E-state index contributed by atoms with van der Waals surface area (Å²) in [7, 11) is 3.27. The molecule has 1 unspecified atom stereocenters. The van der Waals surface area contributed by atoms with Crippen LogP contribution in [0.3, 0.4) is 0 Å². The van der Waals surface area contributed by atoms with Gasteiger partial charge in [0.25, 0.3) is 5.91 Å². The van der Waals surface area contributed by atoms with E-state index >= 15 is 0 Å². The van der Waals surface area contributed by atoms with E-state index in [2.05, 4.69) is 12.1 Å². The number of carbonyl (C=O) groups is 1. The summed E-state index contributed by atoms with van der Waals surface area (Å²) in [5.41, 5.74) is 4.84. The highest BCUT2D eigenvalue weighted by molar-refractivity contribution is 5.99. The molecule has 4 aromatic rings. The van der Waals surface area contributed by atoms with Crippen molar-refractivity contribution in [3.8, 4) is 11.5 Å². The topological polar surface area (TPSA) is 51.9 Å². The van der Waals surface area contributed by atoms with Crippen LogP contribution in [0.2, 0.25) is 0 Å². The van der Waals surface area contributed by atoms with Gasteiger partial charge in [0, 0.05) is 17.5 Å². The highest BCUT2D eigenvalue weighted by Gasteiger charge is 2.35. The maximum Gasteiger partial charge on any atom is 0.290 e. The number of amides is 1. The fourth-order valence-electron chi connectivity index (χ4n) is 4.67. The SMILES string of the molecule is COc1cc2c(cc1OC)C(c1ccccc1)N(C(=O)c1oc3ccccc3c1C)CC2. The molecule has 1 atom stereocenters. The molecule has 1 aliphatic heterocycles. The van der Waals surface area contributed by atoms with Crippen molar-refractivity contribution >= 4 is 16.9 Å². The van der Waals surface area contributed by atoms with Crippen LogP contribution in [0.25, 0.3) is 11.0 Å². The molecule has 2 heterocycles. The molecular formula is C27H25NO4. The number of aryl methyl sites for hydroxylation is 1. The Morgan fingerprint density at radius 3 is 2.38 bits per heavy atom. The summed E-state index contributed by atoms with van der Waals surface area (Å²) in [5.74, 6) is 1.65. The van der Waals surface area contributed by atoms with Crippen LogP contribution in [-0.2, 0) is 6.42 Å². The van der Waals surface area contributed by atoms with E-state index in [1.807, 2.05) is 66.4 Å². The Hall–Kier alpha value is -3.73. The fourth-order valence-corrected chi connectivity index (χ4v) is 4.67. The maximum absolute atomic E-state index is 13.8. The summed E-state index contributed by atoms with van der Waals surface area (Å²) in [6, 6.07) is 21.6. The van der Waals surface area contributed by atoms with Crippen molar-refractivity contribution in [1.29, 1.82) is 0 Å². The predicted octanol–water partition coefficient (Wildman–Crippen LogP) is 5.55. The largest absolute Gasteiger partial charge is 0.493 e. The molecule has 0 bridgehead atoms. The molecule has 1 amide bonds. The lowest BCUT2D eigenvalue weighted by atomic mass is 9.87. The minimum Gasteiger partial charge on any atom is -0.493 e.